The summed E-state index contributed by atoms with van der Waals surface area (Å²) in [5.74, 6) is 0.893. The molecule has 3 aromatic rings. The molecule has 31 heavy (non-hydrogen) atoms. The first-order valence-corrected chi connectivity index (χ1v) is 11.2. The SMILES string of the molecule is Nc1nc(F)nc2c1nc(C(C1=COCO1)c1ccccc1I)n2CCCCCCO. The number of aryl methyl sites for hydroxylation is 1. The maximum Gasteiger partial charge on any atom is 0.312 e. The molecule has 4 rings (SSSR count). The Labute approximate surface area is 192 Å². The predicted molar refractivity (Wildman–Crippen MR) is 121 cm³/mol. The van der Waals surface area contributed by atoms with E-state index in [1.165, 1.54) is 0 Å². The molecule has 1 unspecified atom stereocenters. The number of unbranched alkanes of at least 4 members (excludes halogenated alkanes) is 3. The lowest BCUT2D eigenvalue weighted by Gasteiger charge is -2.20. The average Bonchev–Trinajstić information content (AvgIpc) is 3.39. The number of benzene rings is 1. The summed E-state index contributed by atoms with van der Waals surface area (Å²) in [7, 11) is 0. The molecule has 1 aromatic carbocycles. The van der Waals surface area contributed by atoms with Crippen molar-refractivity contribution in [3.05, 3.63) is 57.3 Å². The smallest absolute Gasteiger partial charge is 0.312 e. The molecule has 0 aliphatic carbocycles. The molecule has 0 radical (unpaired) electrons. The zero-order valence-electron chi connectivity index (χ0n) is 16.8. The number of hydrogen-bond acceptors (Lipinski definition) is 7. The molecule has 3 N–H and O–H groups in total. The van der Waals surface area contributed by atoms with Gasteiger partial charge in [0.25, 0.3) is 0 Å². The highest BCUT2D eigenvalue weighted by molar-refractivity contribution is 14.1. The van der Waals surface area contributed by atoms with E-state index in [1.54, 1.807) is 6.26 Å². The van der Waals surface area contributed by atoms with E-state index in [2.05, 4.69) is 32.6 Å². The number of imidazole rings is 1. The van der Waals surface area contributed by atoms with Crippen LogP contribution in [0.3, 0.4) is 0 Å². The van der Waals surface area contributed by atoms with Crippen LogP contribution in [-0.4, -0.2) is 38.0 Å². The van der Waals surface area contributed by atoms with Crippen molar-refractivity contribution in [3.63, 3.8) is 0 Å². The zero-order valence-corrected chi connectivity index (χ0v) is 19.0. The van der Waals surface area contributed by atoms with E-state index in [-0.39, 0.29) is 25.1 Å². The highest BCUT2D eigenvalue weighted by Crippen LogP contribution is 2.38. The predicted octanol–water partition coefficient (Wildman–Crippen LogP) is 3.68. The quantitative estimate of drug-likeness (QED) is 0.243. The Morgan fingerprint density at radius 3 is 2.71 bits per heavy atom. The number of aromatic nitrogens is 4. The van der Waals surface area contributed by atoms with Gasteiger partial charge in [-0.15, -0.1) is 0 Å². The van der Waals surface area contributed by atoms with Crippen molar-refractivity contribution >= 4 is 39.6 Å². The summed E-state index contributed by atoms with van der Waals surface area (Å²) in [5.41, 5.74) is 7.70. The number of aliphatic hydroxyl groups is 1. The lowest BCUT2D eigenvalue weighted by Crippen LogP contribution is -2.15. The third-order valence-electron chi connectivity index (χ3n) is 5.17. The molecular formula is C21H23FIN5O3. The average molecular weight is 539 g/mol. The van der Waals surface area contributed by atoms with Gasteiger partial charge in [-0.25, -0.2) is 4.98 Å². The minimum Gasteiger partial charge on any atom is -0.462 e. The molecule has 0 spiro atoms. The number of halogens is 2. The van der Waals surface area contributed by atoms with Crippen LogP contribution in [0.4, 0.5) is 10.2 Å². The second-order valence-electron chi connectivity index (χ2n) is 7.21. The molecule has 0 bridgehead atoms. The number of nitrogen functional groups attached to an aromatic ring is 1. The molecule has 0 amide bonds. The molecule has 3 heterocycles. The molecule has 8 nitrogen and oxygen atoms in total. The van der Waals surface area contributed by atoms with Gasteiger partial charge in [0.15, 0.2) is 17.0 Å². The van der Waals surface area contributed by atoms with Gasteiger partial charge < -0.3 is 24.9 Å². The van der Waals surface area contributed by atoms with Crippen LogP contribution in [0.15, 0.2) is 36.3 Å². The van der Waals surface area contributed by atoms with Gasteiger partial charge in [0.2, 0.25) is 6.79 Å². The molecule has 0 fully saturated rings. The van der Waals surface area contributed by atoms with Crippen molar-refractivity contribution in [3.8, 4) is 0 Å². The molecular weight excluding hydrogens is 516 g/mol. The maximum absolute atomic E-state index is 14.0. The van der Waals surface area contributed by atoms with Gasteiger partial charge in [0.1, 0.15) is 23.8 Å². The normalized spacial score (nSPS) is 14.4. The lowest BCUT2D eigenvalue weighted by molar-refractivity contribution is 0.0764. The summed E-state index contributed by atoms with van der Waals surface area (Å²) in [5, 5.41) is 9.02. The van der Waals surface area contributed by atoms with Gasteiger partial charge in [-0.05, 0) is 47.1 Å². The van der Waals surface area contributed by atoms with Crippen LogP contribution >= 0.6 is 22.6 Å². The third-order valence-corrected chi connectivity index (χ3v) is 6.15. The summed E-state index contributed by atoms with van der Waals surface area (Å²) >= 11 is 2.28. The lowest BCUT2D eigenvalue weighted by atomic mass is 9.96. The van der Waals surface area contributed by atoms with Gasteiger partial charge in [-0.2, -0.15) is 14.4 Å². The topological polar surface area (TPSA) is 108 Å². The zero-order chi connectivity index (χ0) is 21.8. The van der Waals surface area contributed by atoms with Crippen molar-refractivity contribution < 1.29 is 19.0 Å². The summed E-state index contributed by atoms with van der Waals surface area (Å²) in [6, 6.07) is 7.94. The number of rotatable bonds is 9. The van der Waals surface area contributed by atoms with Gasteiger partial charge in [0.05, 0.1) is 0 Å². The van der Waals surface area contributed by atoms with Crippen LogP contribution in [0, 0.1) is 9.65 Å². The number of ether oxygens (including phenoxy) is 2. The van der Waals surface area contributed by atoms with Crippen LogP contribution in [0.2, 0.25) is 0 Å². The second kappa shape index (κ2) is 9.77. The van der Waals surface area contributed by atoms with Crippen LogP contribution in [0.1, 0.15) is 43.0 Å². The van der Waals surface area contributed by atoms with Crippen molar-refractivity contribution in [2.45, 2.75) is 38.1 Å². The molecule has 10 heteroatoms. The molecule has 1 aliphatic rings. The van der Waals surface area contributed by atoms with Crippen molar-refractivity contribution in [2.75, 3.05) is 19.1 Å². The first-order chi connectivity index (χ1) is 15.1. The molecule has 164 valence electrons. The Balaban J connectivity index is 1.84. The largest absolute Gasteiger partial charge is 0.462 e. The van der Waals surface area contributed by atoms with E-state index in [1.807, 2.05) is 28.8 Å². The van der Waals surface area contributed by atoms with Crippen LogP contribution in [-0.2, 0) is 16.0 Å². The highest BCUT2D eigenvalue weighted by atomic mass is 127. The fraction of sp³-hybridized carbons (Fsp3) is 0.381. The minimum atomic E-state index is -0.886. The third kappa shape index (κ3) is 4.59. The number of anilines is 1. The Kier molecular flexibility index (Phi) is 6.86. The van der Waals surface area contributed by atoms with Crippen LogP contribution in [0.5, 0.6) is 0 Å². The monoisotopic (exact) mass is 539 g/mol. The molecule has 1 atom stereocenters. The first-order valence-electron chi connectivity index (χ1n) is 10.1. The molecule has 0 saturated heterocycles. The van der Waals surface area contributed by atoms with Crippen molar-refractivity contribution in [1.29, 1.82) is 0 Å². The van der Waals surface area contributed by atoms with Gasteiger partial charge in [-0.3, -0.25) is 0 Å². The van der Waals surface area contributed by atoms with Crippen molar-refractivity contribution in [2.24, 2.45) is 0 Å². The Bertz CT molecular complexity index is 1100. The number of nitrogens with two attached hydrogens (primary N) is 1. The summed E-state index contributed by atoms with van der Waals surface area (Å²) in [4.78, 5) is 12.4. The van der Waals surface area contributed by atoms with E-state index in [9.17, 15) is 4.39 Å². The summed E-state index contributed by atoms with van der Waals surface area (Å²) in [6.45, 7) is 0.878. The number of aliphatic hydroxyl groups excluding tert-OH is 1. The Morgan fingerprint density at radius 1 is 1.16 bits per heavy atom. The fourth-order valence-electron chi connectivity index (χ4n) is 3.72. The summed E-state index contributed by atoms with van der Waals surface area (Å²) in [6.07, 6.45) is 4.10. The van der Waals surface area contributed by atoms with E-state index in [0.29, 0.717) is 29.3 Å². The van der Waals surface area contributed by atoms with E-state index >= 15 is 0 Å². The van der Waals surface area contributed by atoms with Crippen LogP contribution < -0.4 is 5.73 Å². The number of nitrogens with zero attached hydrogens (tertiary/aromatic N) is 4. The standard InChI is InChI=1S/C21H23FIN5O3/c22-21-26-18(24)17-20(27-21)28(9-5-1-2-6-10-29)19(25-17)16(15-11-30-12-31-15)13-7-3-4-8-14(13)23/h3-4,7-8,11,16,29H,1-2,5-6,9-10,12H2,(H2,24,26,27). The van der Waals surface area contributed by atoms with E-state index in [0.717, 1.165) is 34.8 Å². The number of fused-ring (bicyclic) bond motifs is 1. The van der Waals surface area contributed by atoms with Crippen molar-refractivity contribution in [1.82, 2.24) is 19.5 Å². The van der Waals surface area contributed by atoms with Gasteiger partial charge in [0, 0.05) is 16.7 Å². The van der Waals surface area contributed by atoms with E-state index < -0.39 is 6.08 Å². The van der Waals surface area contributed by atoms with Gasteiger partial charge >= 0.3 is 6.08 Å². The molecule has 2 aromatic heterocycles. The first kappa shape index (κ1) is 21.8. The second-order valence-corrected chi connectivity index (χ2v) is 8.38. The van der Waals surface area contributed by atoms with Gasteiger partial charge in [-0.1, -0.05) is 31.0 Å². The number of allylic oxidation sites excluding steroid dienone is 1. The Morgan fingerprint density at radius 2 is 1.97 bits per heavy atom. The summed E-state index contributed by atoms with van der Waals surface area (Å²) < 4.78 is 28.1. The van der Waals surface area contributed by atoms with Crippen LogP contribution in [0.25, 0.3) is 11.2 Å². The Hall–Kier alpha value is -2.47. The highest BCUT2D eigenvalue weighted by Gasteiger charge is 2.32. The maximum atomic E-state index is 14.0. The molecule has 1 aliphatic heterocycles. The number of hydrogen-bond donors (Lipinski definition) is 2. The minimum absolute atomic E-state index is 0.00172. The molecule has 0 saturated carbocycles. The fourth-order valence-corrected chi connectivity index (χ4v) is 4.42. The van der Waals surface area contributed by atoms with E-state index in [4.69, 9.17) is 25.3 Å².